The van der Waals surface area contributed by atoms with Gasteiger partial charge in [0.05, 0.1) is 11.4 Å². The van der Waals surface area contributed by atoms with Gasteiger partial charge in [-0.1, -0.05) is 17.7 Å². The maximum Gasteiger partial charge on any atom is 0.407 e. The zero-order valence-electron chi connectivity index (χ0n) is 12.7. The van der Waals surface area contributed by atoms with Gasteiger partial charge in [-0.25, -0.2) is 9.18 Å². The number of carbonyl (C=O) groups excluding carboxylic acids is 2. The molecular formula is C15H19ClFNO4. The van der Waals surface area contributed by atoms with E-state index in [-0.39, 0.29) is 24.6 Å². The maximum absolute atomic E-state index is 12.9. The number of rotatable bonds is 5. The Labute approximate surface area is 133 Å². The van der Waals surface area contributed by atoms with Crippen LogP contribution in [0.25, 0.3) is 0 Å². The van der Waals surface area contributed by atoms with Crippen molar-refractivity contribution in [2.75, 3.05) is 6.54 Å². The van der Waals surface area contributed by atoms with Crippen molar-refractivity contribution in [3.05, 3.63) is 34.6 Å². The summed E-state index contributed by atoms with van der Waals surface area (Å²) in [6.45, 7) is 5.28. The zero-order chi connectivity index (χ0) is 16.8. The van der Waals surface area contributed by atoms with E-state index in [9.17, 15) is 14.0 Å². The van der Waals surface area contributed by atoms with Gasteiger partial charge in [0.25, 0.3) is 0 Å². The van der Waals surface area contributed by atoms with Gasteiger partial charge in [0.2, 0.25) is 0 Å². The molecule has 22 heavy (non-hydrogen) atoms. The van der Waals surface area contributed by atoms with Gasteiger partial charge in [-0.2, -0.15) is 0 Å². The van der Waals surface area contributed by atoms with Gasteiger partial charge in [-0.3, -0.25) is 4.79 Å². The van der Waals surface area contributed by atoms with Crippen LogP contribution in [-0.4, -0.2) is 24.2 Å². The molecule has 0 bridgehead atoms. The van der Waals surface area contributed by atoms with E-state index in [2.05, 4.69) is 5.32 Å². The van der Waals surface area contributed by atoms with Crippen LogP contribution in [-0.2, 0) is 20.9 Å². The number of ether oxygens (including phenoxy) is 2. The number of halogens is 2. The Morgan fingerprint density at radius 3 is 2.59 bits per heavy atom. The fraction of sp³-hybridized carbons (Fsp3) is 0.467. The number of hydrogen-bond donors (Lipinski definition) is 1. The first-order valence-electron chi connectivity index (χ1n) is 6.74. The largest absolute Gasteiger partial charge is 0.461 e. The summed E-state index contributed by atoms with van der Waals surface area (Å²) in [7, 11) is 0. The Bertz CT molecular complexity index is 543. The van der Waals surface area contributed by atoms with E-state index in [1.165, 1.54) is 12.1 Å². The van der Waals surface area contributed by atoms with Gasteiger partial charge in [0, 0.05) is 12.1 Å². The molecule has 0 aliphatic heterocycles. The normalized spacial score (nSPS) is 11.0. The third-order valence-electron chi connectivity index (χ3n) is 2.40. The molecule has 1 aromatic carbocycles. The number of carbonyl (C=O) groups is 2. The molecule has 0 fully saturated rings. The first kappa shape index (κ1) is 18.2. The number of alkyl carbamates (subject to hydrolysis) is 1. The van der Waals surface area contributed by atoms with Crippen molar-refractivity contribution in [2.24, 2.45) is 0 Å². The molecule has 0 radical (unpaired) electrons. The Kier molecular flexibility index (Phi) is 6.61. The quantitative estimate of drug-likeness (QED) is 0.839. The molecule has 5 nitrogen and oxygen atoms in total. The average molecular weight is 332 g/mol. The van der Waals surface area contributed by atoms with E-state index >= 15 is 0 Å². The van der Waals surface area contributed by atoms with Gasteiger partial charge >= 0.3 is 12.1 Å². The van der Waals surface area contributed by atoms with Crippen LogP contribution in [0.2, 0.25) is 5.02 Å². The van der Waals surface area contributed by atoms with Crippen molar-refractivity contribution in [3.63, 3.8) is 0 Å². The minimum Gasteiger partial charge on any atom is -0.461 e. The zero-order valence-corrected chi connectivity index (χ0v) is 13.5. The maximum atomic E-state index is 12.9. The molecule has 0 spiro atoms. The van der Waals surface area contributed by atoms with Gasteiger partial charge in [-0.15, -0.1) is 0 Å². The highest BCUT2D eigenvalue weighted by Crippen LogP contribution is 2.18. The third kappa shape index (κ3) is 7.26. The Morgan fingerprint density at radius 2 is 2.00 bits per heavy atom. The summed E-state index contributed by atoms with van der Waals surface area (Å²) < 4.78 is 22.9. The first-order chi connectivity index (χ1) is 10.2. The lowest BCUT2D eigenvalue weighted by molar-refractivity contribution is -0.144. The minimum absolute atomic E-state index is 0.00193. The van der Waals surface area contributed by atoms with Crippen LogP contribution in [0.1, 0.15) is 32.8 Å². The smallest absolute Gasteiger partial charge is 0.407 e. The number of nitrogens with one attached hydrogen (secondary N) is 1. The van der Waals surface area contributed by atoms with Gasteiger partial charge in [0.15, 0.2) is 0 Å². The summed E-state index contributed by atoms with van der Waals surface area (Å²) in [5, 5.41) is 2.64. The van der Waals surface area contributed by atoms with Crippen LogP contribution >= 0.6 is 11.6 Å². The molecule has 122 valence electrons. The van der Waals surface area contributed by atoms with Crippen molar-refractivity contribution in [1.82, 2.24) is 5.32 Å². The Morgan fingerprint density at radius 1 is 1.32 bits per heavy atom. The molecule has 0 aliphatic rings. The van der Waals surface area contributed by atoms with Crippen LogP contribution in [0.5, 0.6) is 0 Å². The molecule has 0 aromatic heterocycles. The van der Waals surface area contributed by atoms with Crippen molar-refractivity contribution < 1.29 is 23.5 Å². The van der Waals surface area contributed by atoms with Crippen LogP contribution in [0, 0.1) is 5.82 Å². The highest BCUT2D eigenvalue weighted by Gasteiger charge is 2.16. The molecule has 1 aromatic rings. The lowest BCUT2D eigenvalue weighted by Crippen LogP contribution is -2.33. The molecule has 0 aliphatic carbocycles. The third-order valence-corrected chi connectivity index (χ3v) is 2.75. The van der Waals surface area contributed by atoms with E-state index in [4.69, 9.17) is 21.1 Å². The van der Waals surface area contributed by atoms with Crippen LogP contribution in [0.4, 0.5) is 9.18 Å². The van der Waals surface area contributed by atoms with Crippen LogP contribution in [0.15, 0.2) is 18.2 Å². The van der Waals surface area contributed by atoms with Gasteiger partial charge in [0.1, 0.15) is 18.0 Å². The number of esters is 1. The minimum atomic E-state index is -0.595. The van der Waals surface area contributed by atoms with Gasteiger partial charge < -0.3 is 14.8 Å². The lowest BCUT2D eigenvalue weighted by atomic mass is 10.2. The highest BCUT2D eigenvalue weighted by atomic mass is 35.5. The SMILES string of the molecule is CC(C)(C)OC(=O)NCCC(=O)OCc1ccc(F)cc1Cl. The molecule has 0 saturated carbocycles. The summed E-state index contributed by atoms with van der Waals surface area (Å²) in [4.78, 5) is 22.9. The second kappa shape index (κ2) is 7.98. The molecular weight excluding hydrogens is 313 g/mol. The molecule has 7 heteroatoms. The molecule has 0 unspecified atom stereocenters. The fourth-order valence-electron chi connectivity index (χ4n) is 1.45. The molecule has 1 rings (SSSR count). The highest BCUT2D eigenvalue weighted by molar-refractivity contribution is 6.31. The fourth-order valence-corrected chi connectivity index (χ4v) is 1.67. The second-order valence-electron chi connectivity index (χ2n) is 5.58. The molecule has 0 saturated heterocycles. The number of amides is 1. The molecule has 1 N–H and O–H groups in total. The summed E-state index contributed by atoms with van der Waals surface area (Å²) >= 11 is 5.82. The molecule has 1 amide bonds. The number of hydrogen-bond acceptors (Lipinski definition) is 4. The standard InChI is InChI=1S/C15H19ClFNO4/c1-15(2,3)22-14(20)18-7-6-13(19)21-9-10-4-5-11(17)8-12(10)16/h4-5,8H,6-7,9H2,1-3H3,(H,18,20). The Balaban J connectivity index is 2.28. The summed E-state index contributed by atoms with van der Waals surface area (Å²) in [5.74, 6) is -0.960. The van der Waals surface area contributed by atoms with Gasteiger partial charge in [-0.05, 0) is 32.9 Å². The summed E-state index contributed by atoms with van der Waals surface area (Å²) in [6, 6.07) is 3.83. The molecule has 0 atom stereocenters. The summed E-state index contributed by atoms with van der Waals surface area (Å²) in [5.41, 5.74) is -0.0827. The molecule has 0 heterocycles. The van der Waals surface area contributed by atoms with Crippen molar-refractivity contribution >= 4 is 23.7 Å². The summed E-state index contributed by atoms with van der Waals surface area (Å²) in [6.07, 6.45) is -0.597. The topological polar surface area (TPSA) is 64.6 Å². The van der Waals surface area contributed by atoms with E-state index < -0.39 is 23.5 Å². The van der Waals surface area contributed by atoms with Crippen LogP contribution < -0.4 is 5.32 Å². The van der Waals surface area contributed by atoms with Crippen molar-refractivity contribution in [3.8, 4) is 0 Å². The van der Waals surface area contributed by atoms with E-state index in [0.29, 0.717) is 5.56 Å². The van der Waals surface area contributed by atoms with E-state index in [1.807, 2.05) is 0 Å². The van der Waals surface area contributed by atoms with Crippen LogP contribution in [0.3, 0.4) is 0 Å². The first-order valence-corrected chi connectivity index (χ1v) is 7.11. The predicted octanol–water partition coefficient (Wildman–Crippen LogP) is 3.44. The van der Waals surface area contributed by atoms with Crippen molar-refractivity contribution in [2.45, 2.75) is 39.4 Å². The second-order valence-corrected chi connectivity index (χ2v) is 5.98. The van der Waals surface area contributed by atoms with E-state index in [1.54, 1.807) is 20.8 Å². The van der Waals surface area contributed by atoms with E-state index in [0.717, 1.165) is 6.07 Å². The average Bonchev–Trinajstić information content (AvgIpc) is 2.35. The predicted molar refractivity (Wildman–Crippen MR) is 80.1 cm³/mol. The van der Waals surface area contributed by atoms with Crippen molar-refractivity contribution in [1.29, 1.82) is 0 Å². The monoisotopic (exact) mass is 331 g/mol. The Hall–Kier alpha value is -1.82. The lowest BCUT2D eigenvalue weighted by Gasteiger charge is -2.19. The number of benzene rings is 1.